The van der Waals surface area contributed by atoms with Gasteiger partial charge in [0.2, 0.25) is 11.8 Å². The molecule has 3 heterocycles. The van der Waals surface area contributed by atoms with Crippen LogP contribution in [0.5, 0.6) is 11.6 Å². The van der Waals surface area contributed by atoms with Gasteiger partial charge in [0.1, 0.15) is 11.6 Å². The van der Waals surface area contributed by atoms with Crippen LogP contribution in [0.4, 0.5) is 4.39 Å². The number of nitrogens with zero attached hydrogens (tertiary/aromatic N) is 4. The number of likely N-dealkylation sites (N-methyl/N-ethyl adjacent to an activating group) is 1. The standard InChI is InChI=1S/C26H28FN5O4/c1-26(10-5-11-30(26)2)25(35)32-14-12-31(13-15-32)24(34)20-16-17(8-9-21(20)27)36-23-19-7-4-3-6-18(19)22(33)28-29-23/h3-4,6-9,16H,5,10-15H2,1-2H3,(H,28,33)/t26-/m1/s1. The number of likely N-dealkylation sites (tertiary alicyclic amines) is 1. The Hall–Kier alpha value is -3.79. The van der Waals surface area contributed by atoms with Crippen molar-refractivity contribution in [2.24, 2.45) is 0 Å². The Morgan fingerprint density at radius 1 is 1.03 bits per heavy atom. The number of halogens is 1. The number of amides is 2. The second kappa shape index (κ2) is 9.34. The van der Waals surface area contributed by atoms with Crippen molar-refractivity contribution in [3.05, 3.63) is 64.2 Å². The number of carbonyl (C=O) groups excluding carboxylic acids is 2. The quantitative estimate of drug-likeness (QED) is 0.600. The molecular formula is C26H28FN5O4. The zero-order valence-corrected chi connectivity index (χ0v) is 20.3. The van der Waals surface area contributed by atoms with Gasteiger partial charge in [-0.3, -0.25) is 19.3 Å². The average Bonchev–Trinajstić information content (AvgIpc) is 3.25. The van der Waals surface area contributed by atoms with Crippen LogP contribution in [0.25, 0.3) is 10.8 Å². The maximum Gasteiger partial charge on any atom is 0.272 e. The van der Waals surface area contributed by atoms with E-state index in [1.165, 1.54) is 18.2 Å². The highest BCUT2D eigenvalue weighted by Gasteiger charge is 2.44. The molecule has 188 valence electrons. The largest absolute Gasteiger partial charge is 0.437 e. The lowest BCUT2D eigenvalue weighted by molar-refractivity contribution is -0.142. The topological polar surface area (TPSA) is 98.8 Å². The van der Waals surface area contributed by atoms with Crippen molar-refractivity contribution >= 4 is 22.6 Å². The van der Waals surface area contributed by atoms with Crippen LogP contribution in [0.3, 0.4) is 0 Å². The van der Waals surface area contributed by atoms with Crippen molar-refractivity contribution in [2.75, 3.05) is 39.8 Å². The SMILES string of the molecule is CN1CCC[C@]1(C)C(=O)N1CCN(C(=O)c2cc(Oc3n[nH]c(=O)c4ccccc34)ccc2F)CC1. The summed E-state index contributed by atoms with van der Waals surface area (Å²) < 4.78 is 20.5. The molecule has 0 aliphatic carbocycles. The van der Waals surface area contributed by atoms with Gasteiger partial charge in [-0.05, 0) is 63.7 Å². The normalized spacial score (nSPS) is 20.6. The summed E-state index contributed by atoms with van der Waals surface area (Å²) in [5.41, 5.74) is -0.980. The molecule has 1 N–H and O–H groups in total. The number of benzene rings is 2. The number of nitrogens with one attached hydrogen (secondary N) is 1. The first-order valence-corrected chi connectivity index (χ1v) is 12.0. The molecule has 10 heteroatoms. The Bertz CT molecular complexity index is 1380. The van der Waals surface area contributed by atoms with Gasteiger partial charge in [-0.15, -0.1) is 5.10 Å². The number of fused-ring (bicyclic) bond motifs is 1. The van der Waals surface area contributed by atoms with Gasteiger partial charge in [0, 0.05) is 26.2 Å². The Labute approximate surface area is 207 Å². The molecule has 0 unspecified atom stereocenters. The van der Waals surface area contributed by atoms with E-state index in [2.05, 4.69) is 15.1 Å². The highest BCUT2D eigenvalue weighted by atomic mass is 19.1. The lowest BCUT2D eigenvalue weighted by Gasteiger charge is -2.40. The van der Waals surface area contributed by atoms with Gasteiger partial charge in [-0.25, -0.2) is 9.49 Å². The first-order chi connectivity index (χ1) is 17.3. The minimum Gasteiger partial charge on any atom is -0.437 e. The number of aromatic nitrogens is 2. The lowest BCUT2D eigenvalue weighted by Crippen LogP contribution is -2.58. The van der Waals surface area contributed by atoms with Crippen LogP contribution >= 0.6 is 0 Å². The molecule has 1 atom stereocenters. The predicted molar refractivity (Wildman–Crippen MR) is 132 cm³/mol. The van der Waals surface area contributed by atoms with Crippen molar-refractivity contribution < 1.29 is 18.7 Å². The first kappa shape index (κ1) is 23.9. The number of ether oxygens (including phenoxy) is 1. The minimum absolute atomic E-state index is 0.0804. The van der Waals surface area contributed by atoms with E-state index < -0.39 is 17.3 Å². The molecule has 2 saturated heterocycles. The van der Waals surface area contributed by atoms with Gasteiger partial charge in [0.25, 0.3) is 11.5 Å². The summed E-state index contributed by atoms with van der Waals surface area (Å²) in [6.07, 6.45) is 1.80. The number of aromatic amines is 1. The van der Waals surface area contributed by atoms with E-state index in [1.54, 1.807) is 34.1 Å². The third kappa shape index (κ3) is 4.21. The third-order valence-corrected chi connectivity index (χ3v) is 7.36. The summed E-state index contributed by atoms with van der Waals surface area (Å²) in [5.74, 6) is -0.682. The minimum atomic E-state index is -0.662. The molecule has 36 heavy (non-hydrogen) atoms. The number of hydrogen-bond donors (Lipinski definition) is 1. The van der Waals surface area contributed by atoms with Gasteiger partial charge in [-0.1, -0.05) is 12.1 Å². The smallest absolute Gasteiger partial charge is 0.272 e. The third-order valence-electron chi connectivity index (χ3n) is 7.36. The molecule has 5 rings (SSSR count). The van der Waals surface area contributed by atoms with E-state index in [9.17, 15) is 18.8 Å². The number of H-pyrrole nitrogens is 1. The number of carbonyl (C=O) groups is 2. The number of rotatable bonds is 4. The Balaban J connectivity index is 1.30. The first-order valence-electron chi connectivity index (χ1n) is 12.0. The highest BCUT2D eigenvalue weighted by Crippen LogP contribution is 2.30. The Kier molecular flexibility index (Phi) is 6.21. The fourth-order valence-corrected chi connectivity index (χ4v) is 5.00. The van der Waals surface area contributed by atoms with E-state index in [-0.39, 0.29) is 28.7 Å². The van der Waals surface area contributed by atoms with Crippen molar-refractivity contribution in [1.29, 1.82) is 0 Å². The van der Waals surface area contributed by atoms with E-state index in [0.717, 1.165) is 19.4 Å². The molecule has 0 spiro atoms. The van der Waals surface area contributed by atoms with Gasteiger partial charge in [0.15, 0.2) is 0 Å². The van der Waals surface area contributed by atoms with Crippen LogP contribution < -0.4 is 10.3 Å². The fourth-order valence-electron chi connectivity index (χ4n) is 5.00. The molecule has 2 fully saturated rings. The summed E-state index contributed by atoms with van der Waals surface area (Å²) in [5, 5.41) is 7.26. The van der Waals surface area contributed by atoms with Gasteiger partial charge < -0.3 is 14.5 Å². The predicted octanol–water partition coefficient (Wildman–Crippen LogP) is 2.62. The second-order valence-corrected chi connectivity index (χ2v) is 9.53. The van der Waals surface area contributed by atoms with Crippen LogP contribution in [0.1, 0.15) is 30.1 Å². The van der Waals surface area contributed by atoms with E-state index in [4.69, 9.17) is 4.74 Å². The van der Waals surface area contributed by atoms with Crippen LogP contribution in [-0.2, 0) is 4.79 Å². The van der Waals surface area contributed by atoms with Crippen LogP contribution in [0, 0.1) is 5.82 Å². The zero-order chi connectivity index (χ0) is 25.4. The van der Waals surface area contributed by atoms with E-state index >= 15 is 0 Å². The number of hydrogen-bond acceptors (Lipinski definition) is 6. The van der Waals surface area contributed by atoms with Gasteiger partial charge >= 0.3 is 0 Å². The Morgan fingerprint density at radius 3 is 2.42 bits per heavy atom. The number of piperazine rings is 1. The van der Waals surface area contributed by atoms with Crippen LogP contribution in [0.2, 0.25) is 0 Å². The molecule has 2 aliphatic heterocycles. The van der Waals surface area contributed by atoms with Crippen molar-refractivity contribution in [3.63, 3.8) is 0 Å². The molecule has 0 radical (unpaired) electrons. The average molecular weight is 494 g/mol. The molecule has 2 aliphatic rings. The van der Waals surface area contributed by atoms with Crippen LogP contribution in [-0.4, -0.2) is 82.0 Å². The molecule has 9 nitrogen and oxygen atoms in total. The fraction of sp³-hybridized carbons (Fsp3) is 0.385. The lowest BCUT2D eigenvalue weighted by atomic mass is 9.96. The molecule has 2 amide bonds. The maximum atomic E-state index is 14.7. The molecule has 0 bridgehead atoms. The van der Waals surface area contributed by atoms with Gasteiger partial charge in [-0.2, -0.15) is 0 Å². The molecule has 2 aromatic carbocycles. The summed E-state index contributed by atoms with van der Waals surface area (Å²) in [6, 6.07) is 10.8. The molecule has 1 aromatic heterocycles. The maximum absolute atomic E-state index is 14.7. The van der Waals surface area contributed by atoms with Crippen molar-refractivity contribution in [3.8, 4) is 11.6 Å². The molecular weight excluding hydrogens is 465 g/mol. The second-order valence-electron chi connectivity index (χ2n) is 9.53. The summed E-state index contributed by atoms with van der Waals surface area (Å²) >= 11 is 0. The van der Waals surface area contributed by atoms with Crippen LogP contribution in [0.15, 0.2) is 47.3 Å². The Morgan fingerprint density at radius 2 is 1.72 bits per heavy atom. The van der Waals surface area contributed by atoms with E-state index in [1.807, 2.05) is 14.0 Å². The monoisotopic (exact) mass is 493 g/mol. The van der Waals surface area contributed by atoms with Crippen molar-refractivity contribution in [2.45, 2.75) is 25.3 Å². The highest BCUT2D eigenvalue weighted by molar-refractivity contribution is 5.95. The molecule has 3 aromatic rings. The van der Waals surface area contributed by atoms with Gasteiger partial charge in [0.05, 0.1) is 21.9 Å². The van der Waals surface area contributed by atoms with E-state index in [0.29, 0.717) is 37.0 Å². The zero-order valence-electron chi connectivity index (χ0n) is 20.3. The summed E-state index contributed by atoms with van der Waals surface area (Å²) in [6.45, 7) is 4.31. The van der Waals surface area contributed by atoms with Crippen molar-refractivity contribution in [1.82, 2.24) is 24.9 Å². The molecule has 0 saturated carbocycles. The summed E-state index contributed by atoms with van der Waals surface area (Å²) in [4.78, 5) is 43.8. The summed E-state index contributed by atoms with van der Waals surface area (Å²) in [7, 11) is 1.97.